The SMILES string of the molecule is c1cc(-c2ccc3ccc4ccccc4c3c2)cc(-c2cccc3c2oc2nc4ccccc4nc23)c1. The summed E-state index contributed by atoms with van der Waals surface area (Å²) in [4.78, 5) is 9.60. The van der Waals surface area contributed by atoms with Crippen molar-refractivity contribution in [2.24, 2.45) is 0 Å². The van der Waals surface area contributed by atoms with E-state index in [4.69, 9.17) is 14.4 Å². The second-order valence-electron chi connectivity index (χ2n) is 9.45. The van der Waals surface area contributed by atoms with Gasteiger partial charge in [-0.15, -0.1) is 0 Å². The van der Waals surface area contributed by atoms with Crippen molar-refractivity contribution in [1.29, 1.82) is 0 Å². The summed E-state index contributed by atoms with van der Waals surface area (Å²) in [5.41, 5.74) is 8.38. The van der Waals surface area contributed by atoms with Crippen molar-refractivity contribution in [1.82, 2.24) is 9.97 Å². The number of aromatic nitrogens is 2. The minimum Gasteiger partial charge on any atom is -0.436 e. The third kappa shape index (κ3) is 3.14. The van der Waals surface area contributed by atoms with Crippen molar-refractivity contribution in [3.8, 4) is 22.3 Å². The lowest BCUT2D eigenvalue weighted by Gasteiger charge is -2.09. The molecule has 0 bridgehead atoms. The molecule has 8 aromatic rings. The molecule has 6 aromatic carbocycles. The van der Waals surface area contributed by atoms with E-state index < -0.39 is 0 Å². The Kier molecular flexibility index (Phi) is 4.23. The molecule has 0 spiro atoms. The van der Waals surface area contributed by atoms with E-state index in [-0.39, 0.29) is 0 Å². The van der Waals surface area contributed by atoms with Gasteiger partial charge in [0.05, 0.1) is 11.0 Å². The average molecular weight is 473 g/mol. The zero-order valence-electron chi connectivity index (χ0n) is 19.8. The van der Waals surface area contributed by atoms with Crippen LogP contribution in [0.4, 0.5) is 0 Å². The molecular weight excluding hydrogens is 452 g/mol. The van der Waals surface area contributed by atoms with Gasteiger partial charge in [0.1, 0.15) is 11.1 Å². The molecule has 0 radical (unpaired) electrons. The molecular formula is C34H20N2O. The quantitative estimate of drug-likeness (QED) is 0.235. The van der Waals surface area contributed by atoms with E-state index in [2.05, 4.69) is 97.1 Å². The number of furan rings is 1. The van der Waals surface area contributed by atoms with Gasteiger partial charge in [0.25, 0.3) is 0 Å². The van der Waals surface area contributed by atoms with E-state index in [0.29, 0.717) is 5.71 Å². The highest BCUT2D eigenvalue weighted by Gasteiger charge is 2.15. The van der Waals surface area contributed by atoms with Gasteiger partial charge in [-0.2, -0.15) is 0 Å². The van der Waals surface area contributed by atoms with Crippen molar-refractivity contribution in [2.45, 2.75) is 0 Å². The molecule has 0 aliphatic rings. The van der Waals surface area contributed by atoms with Crippen molar-refractivity contribution >= 4 is 54.8 Å². The van der Waals surface area contributed by atoms with Gasteiger partial charge in [-0.25, -0.2) is 9.97 Å². The molecule has 0 amide bonds. The number of fused-ring (bicyclic) bond motifs is 7. The lowest BCUT2D eigenvalue weighted by Crippen LogP contribution is -1.84. The van der Waals surface area contributed by atoms with Gasteiger partial charge in [0, 0.05) is 10.9 Å². The fraction of sp³-hybridized carbons (Fsp3) is 0. The highest BCUT2D eigenvalue weighted by Crippen LogP contribution is 2.37. The lowest BCUT2D eigenvalue weighted by molar-refractivity contribution is 0.656. The van der Waals surface area contributed by atoms with Gasteiger partial charge in [0.2, 0.25) is 5.71 Å². The van der Waals surface area contributed by atoms with Crippen LogP contribution >= 0.6 is 0 Å². The summed E-state index contributed by atoms with van der Waals surface area (Å²) in [6, 6.07) is 42.5. The third-order valence-electron chi connectivity index (χ3n) is 7.26. The number of nitrogens with zero attached hydrogens (tertiary/aromatic N) is 2. The van der Waals surface area contributed by atoms with Crippen LogP contribution in [-0.4, -0.2) is 9.97 Å². The molecule has 0 atom stereocenters. The highest BCUT2D eigenvalue weighted by molar-refractivity contribution is 6.10. The molecule has 37 heavy (non-hydrogen) atoms. The zero-order valence-corrected chi connectivity index (χ0v) is 19.8. The minimum atomic E-state index is 0.568. The number of para-hydroxylation sites is 3. The van der Waals surface area contributed by atoms with Crippen molar-refractivity contribution in [3.05, 3.63) is 121 Å². The molecule has 0 saturated carbocycles. The normalized spacial score (nSPS) is 11.8. The molecule has 2 heterocycles. The maximum atomic E-state index is 6.32. The first kappa shape index (κ1) is 20.2. The molecule has 172 valence electrons. The summed E-state index contributed by atoms with van der Waals surface area (Å²) in [5.74, 6) is 0. The number of rotatable bonds is 2. The van der Waals surface area contributed by atoms with E-state index in [1.54, 1.807) is 0 Å². The van der Waals surface area contributed by atoms with Gasteiger partial charge in [-0.05, 0) is 68.6 Å². The number of hydrogen-bond acceptors (Lipinski definition) is 3. The van der Waals surface area contributed by atoms with Gasteiger partial charge in [-0.3, -0.25) is 0 Å². The van der Waals surface area contributed by atoms with Gasteiger partial charge < -0.3 is 4.42 Å². The van der Waals surface area contributed by atoms with E-state index in [1.165, 1.54) is 32.7 Å². The zero-order chi connectivity index (χ0) is 24.3. The van der Waals surface area contributed by atoms with Crippen LogP contribution in [0.5, 0.6) is 0 Å². The fourth-order valence-electron chi connectivity index (χ4n) is 5.44. The van der Waals surface area contributed by atoms with E-state index in [9.17, 15) is 0 Å². The molecule has 3 heteroatoms. The maximum absolute atomic E-state index is 6.32. The molecule has 2 aromatic heterocycles. The van der Waals surface area contributed by atoms with Crippen LogP contribution in [0.25, 0.3) is 77.0 Å². The Morgan fingerprint density at radius 1 is 0.459 bits per heavy atom. The van der Waals surface area contributed by atoms with Crippen molar-refractivity contribution in [3.63, 3.8) is 0 Å². The largest absolute Gasteiger partial charge is 0.436 e. The molecule has 0 aliphatic heterocycles. The highest BCUT2D eigenvalue weighted by atomic mass is 16.3. The van der Waals surface area contributed by atoms with Crippen LogP contribution in [-0.2, 0) is 0 Å². The van der Waals surface area contributed by atoms with Crippen molar-refractivity contribution in [2.75, 3.05) is 0 Å². The smallest absolute Gasteiger partial charge is 0.246 e. The van der Waals surface area contributed by atoms with E-state index >= 15 is 0 Å². The summed E-state index contributed by atoms with van der Waals surface area (Å²) in [5, 5.41) is 6.03. The standard InChI is InChI=1S/C34H20N2O/c1-2-10-26-21(7-1)15-16-22-17-18-24(20-29(22)26)23-8-5-9-25(19-23)27-11-6-12-28-32-34(37-33(27)28)36-31-14-4-3-13-30(31)35-32/h1-20H. The molecule has 3 nitrogen and oxygen atoms in total. The van der Waals surface area contributed by atoms with Crippen LogP contribution in [0.1, 0.15) is 0 Å². The molecule has 0 fully saturated rings. The molecule has 8 rings (SSSR count). The minimum absolute atomic E-state index is 0.568. The predicted molar refractivity (Wildman–Crippen MR) is 153 cm³/mol. The molecule has 0 unspecified atom stereocenters. The second-order valence-corrected chi connectivity index (χ2v) is 9.45. The summed E-state index contributed by atoms with van der Waals surface area (Å²) in [6.07, 6.45) is 0. The van der Waals surface area contributed by atoms with E-state index in [0.717, 1.165) is 38.6 Å². The Morgan fingerprint density at radius 2 is 1.14 bits per heavy atom. The predicted octanol–water partition coefficient (Wildman–Crippen LogP) is 9.17. The van der Waals surface area contributed by atoms with Crippen LogP contribution in [0, 0.1) is 0 Å². The third-order valence-corrected chi connectivity index (χ3v) is 7.26. The summed E-state index contributed by atoms with van der Waals surface area (Å²) < 4.78 is 6.32. The number of benzene rings is 6. The van der Waals surface area contributed by atoms with Gasteiger partial charge >= 0.3 is 0 Å². The Hall–Kier alpha value is -5.02. The number of hydrogen-bond donors (Lipinski definition) is 0. The Labute approximate surface area is 212 Å². The Morgan fingerprint density at radius 3 is 2.05 bits per heavy atom. The second kappa shape index (κ2) is 7.74. The monoisotopic (exact) mass is 472 g/mol. The summed E-state index contributed by atoms with van der Waals surface area (Å²) in [6.45, 7) is 0. The summed E-state index contributed by atoms with van der Waals surface area (Å²) >= 11 is 0. The van der Waals surface area contributed by atoms with Crippen molar-refractivity contribution < 1.29 is 4.42 Å². The fourth-order valence-corrected chi connectivity index (χ4v) is 5.44. The van der Waals surface area contributed by atoms with Crippen LogP contribution in [0.2, 0.25) is 0 Å². The summed E-state index contributed by atoms with van der Waals surface area (Å²) in [7, 11) is 0. The van der Waals surface area contributed by atoms with Crippen LogP contribution in [0.15, 0.2) is 126 Å². The first-order valence-corrected chi connectivity index (χ1v) is 12.4. The van der Waals surface area contributed by atoms with Gasteiger partial charge in [0.15, 0.2) is 0 Å². The first-order chi connectivity index (χ1) is 18.3. The average Bonchev–Trinajstić information content (AvgIpc) is 3.33. The molecule has 0 N–H and O–H groups in total. The lowest BCUT2D eigenvalue weighted by atomic mass is 9.95. The van der Waals surface area contributed by atoms with E-state index in [1.807, 2.05) is 24.3 Å². The topological polar surface area (TPSA) is 38.9 Å². The van der Waals surface area contributed by atoms with Crippen LogP contribution < -0.4 is 0 Å². The molecule has 0 aliphatic carbocycles. The molecule has 0 saturated heterocycles. The Bertz CT molecular complexity index is 2160. The van der Waals surface area contributed by atoms with Gasteiger partial charge in [-0.1, -0.05) is 91.0 Å². The Balaban J connectivity index is 1.31. The maximum Gasteiger partial charge on any atom is 0.246 e. The first-order valence-electron chi connectivity index (χ1n) is 12.4. The van der Waals surface area contributed by atoms with Crippen LogP contribution in [0.3, 0.4) is 0 Å².